The molecule has 0 fully saturated rings. The highest BCUT2D eigenvalue weighted by Crippen LogP contribution is 2.26. The number of nitrogens with zero attached hydrogens (tertiary/aromatic N) is 1. The average Bonchev–Trinajstić information content (AvgIpc) is 2.96. The summed E-state index contributed by atoms with van der Waals surface area (Å²) >= 11 is 0. The number of aromatic nitrogens is 1. The fourth-order valence-electron chi connectivity index (χ4n) is 3.09. The van der Waals surface area contributed by atoms with Crippen LogP contribution in [0.1, 0.15) is 37.8 Å². The standard InChI is InChI=1S/C20H23N/c1-2-3-12-19(16-17-9-5-4-6-10-17)21-15-14-18-11-7-8-13-20(18)21/h4-11,13-15,19H,2-3,12,16H2,1H3. The molecule has 0 saturated heterocycles. The Morgan fingerprint density at radius 2 is 1.67 bits per heavy atom. The van der Waals surface area contributed by atoms with Crippen LogP contribution < -0.4 is 0 Å². The number of fused-ring (bicyclic) bond motifs is 1. The fraction of sp³-hybridized carbons (Fsp3) is 0.300. The quantitative estimate of drug-likeness (QED) is 0.551. The van der Waals surface area contributed by atoms with E-state index in [1.807, 2.05) is 0 Å². The third-order valence-electron chi connectivity index (χ3n) is 4.23. The van der Waals surface area contributed by atoms with Gasteiger partial charge in [0.1, 0.15) is 0 Å². The Kier molecular flexibility index (Phi) is 4.40. The molecule has 0 N–H and O–H groups in total. The summed E-state index contributed by atoms with van der Waals surface area (Å²) in [6, 6.07) is 22.3. The predicted molar refractivity (Wildman–Crippen MR) is 90.6 cm³/mol. The van der Waals surface area contributed by atoms with E-state index in [2.05, 4.69) is 78.4 Å². The van der Waals surface area contributed by atoms with Gasteiger partial charge in [-0.25, -0.2) is 0 Å². The van der Waals surface area contributed by atoms with Crippen LogP contribution in [0.3, 0.4) is 0 Å². The highest BCUT2D eigenvalue weighted by Gasteiger charge is 2.13. The van der Waals surface area contributed by atoms with Crippen LogP contribution in [-0.4, -0.2) is 4.57 Å². The maximum Gasteiger partial charge on any atom is 0.0482 e. The van der Waals surface area contributed by atoms with Gasteiger partial charge in [0.15, 0.2) is 0 Å². The molecule has 0 aliphatic carbocycles. The number of unbranched alkanes of at least 4 members (excludes halogenated alkanes) is 1. The maximum atomic E-state index is 2.47. The van der Waals surface area contributed by atoms with Crippen LogP contribution in [-0.2, 0) is 6.42 Å². The lowest BCUT2D eigenvalue weighted by molar-refractivity contribution is 0.458. The normalized spacial score (nSPS) is 12.6. The molecule has 0 radical (unpaired) electrons. The highest BCUT2D eigenvalue weighted by atomic mass is 15.0. The average molecular weight is 277 g/mol. The second kappa shape index (κ2) is 6.62. The molecule has 1 heterocycles. The maximum absolute atomic E-state index is 2.47. The third-order valence-corrected chi connectivity index (χ3v) is 4.23. The van der Waals surface area contributed by atoms with Gasteiger partial charge in [0.25, 0.3) is 0 Å². The van der Waals surface area contributed by atoms with Gasteiger partial charge in [-0.05, 0) is 35.9 Å². The van der Waals surface area contributed by atoms with E-state index in [4.69, 9.17) is 0 Å². The van der Waals surface area contributed by atoms with Crippen LogP contribution in [0, 0.1) is 0 Å². The van der Waals surface area contributed by atoms with Crippen LogP contribution >= 0.6 is 0 Å². The molecular weight excluding hydrogens is 254 g/mol. The van der Waals surface area contributed by atoms with Crippen molar-refractivity contribution in [2.24, 2.45) is 0 Å². The minimum atomic E-state index is 0.548. The molecule has 0 spiro atoms. The van der Waals surface area contributed by atoms with Crippen molar-refractivity contribution in [2.75, 3.05) is 0 Å². The van der Waals surface area contributed by atoms with Crippen molar-refractivity contribution in [1.82, 2.24) is 4.57 Å². The van der Waals surface area contributed by atoms with Crippen molar-refractivity contribution in [3.63, 3.8) is 0 Å². The van der Waals surface area contributed by atoms with E-state index >= 15 is 0 Å². The summed E-state index contributed by atoms with van der Waals surface area (Å²) in [4.78, 5) is 0. The zero-order chi connectivity index (χ0) is 14.5. The van der Waals surface area contributed by atoms with Crippen LogP contribution in [0.25, 0.3) is 10.9 Å². The second-order valence-corrected chi connectivity index (χ2v) is 5.77. The Hall–Kier alpha value is -2.02. The monoisotopic (exact) mass is 277 g/mol. The first-order valence-electron chi connectivity index (χ1n) is 7.98. The Morgan fingerprint density at radius 3 is 2.48 bits per heavy atom. The van der Waals surface area contributed by atoms with E-state index < -0.39 is 0 Å². The number of hydrogen-bond donors (Lipinski definition) is 0. The molecule has 0 bridgehead atoms. The van der Waals surface area contributed by atoms with Crippen LogP contribution in [0.2, 0.25) is 0 Å². The zero-order valence-corrected chi connectivity index (χ0v) is 12.7. The molecule has 2 aromatic carbocycles. The summed E-state index contributed by atoms with van der Waals surface area (Å²) in [5.41, 5.74) is 2.78. The van der Waals surface area contributed by atoms with Crippen molar-refractivity contribution in [3.8, 4) is 0 Å². The Morgan fingerprint density at radius 1 is 0.905 bits per heavy atom. The first-order valence-corrected chi connectivity index (χ1v) is 7.98. The summed E-state index contributed by atoms with van der Waals surface area (Å²) in [7, 11) is 0. The van der Waals surface area contributed by atoms with Gasteiger partial charge in [-0.2, -0.15) is 0 Å². The van der Waals surface area contributed by atoms with Gasteiger partial charge in [-0.1, -0.05) is 68.3 Å². The van der Waals surface area contributed by atoms with Crippen molar-refractivity contribution in [2.45, 2.75) is 38.6 Å². The second-order valence-electron chi connectivity index (χ2n) is 5.77. The molecule has 21 heavy (non-hydrogen) atoms. The summed E-state index contributed by atoms with van der Waals surface area (Å²) < 4.78 is 2.47. The molecule has 108 valence electrons. The SMILES string of the molecule is CCCCC(Cc1ccccc1)n1ccc2ccccc21. The molecular formula is C20H23N. The van der Waals surface area contributed by atoms with E-state index in [1.165, 1.54) is 35.7 Å². The molecule has 1 heteroatoms. The zero-order valence-electron chi connectivity index (χ0n) is 12.7. The van der Waals surface area contributed by atoms with E-state index in [0.29, 0.717) is 6.04 Å². The van der Waals surface area contributed by atoms with Crippen molar-refractivity contribution in [3.05, 3.63) is 72.4 Å². The molecule has 1 unspecified atom stereocenters. The smallest absolute Gasteiger partial charge is 0.0482 e. The molecule has 1 atom stereocenters. The van der Waals surface area contributed by atoms with Gasteiger partial charge < -0.3 is 4.57 Å². The lowest BCUT2D eigenvalue weighted by Crippen LogP contribution is -2.11. The highest BCUT2D eigenvalue weighted by molar-refractivity contribution is 5.80. The van der Waals surface area contributed by atoms with Gasteiger partial charge >= 0.3 is 0 Å². The van der Waals surface area contributed by atoms with E-state index in [9.17, 15) is 0 Å². The van der Waals surface area contributed by atoms with Crippen LogP contribution in [0.5, 0.6) is 0 Å². The number of benzene rings is 2. The third kappa shape index (κ3) is 3.18. The fourth-order valence-corrected chi connectivity index (χ4v) is 3.09. The predicted octanol–water partition coefficient (Wildman–Crippen LogP) is 5.62. The number of hydrogen-bond acceptors (Lipinski definition) is 0. The molecule has 3 rings (SSSR count). The minimum absolute atomic E-state index is 0.548. The Bertz CT molecular complexity index is 681. The molecule has 0 aliphatic heterocycles. The summed E-state index contributed by atoms with van der Waals surface area (Å²) in [5.74, 6) is 0. The van der Waals surface area contributed by atoms with E-state index in [-0.39, 0.29) is 0 Å². The first-order chi connectivity index (χ1) is 10.4. The van der Waals surface area contributed by atoms with Gasteiger partial charge in [-0.15, -0.1) is 0 Å². The Labute approximate surface area is 127 Å². The van der Waals surface area contributed by atoms with Gasteiger partial charge in [0, 0.05) is 17.8 Å². The lowest BCUT2D eigenvalue weighted by Gasteiger charge is -2.20. The van der Waals surface area contributed by atoms with Gasteiger partial charge in [0.2, 0.25) is 0 Å². The van der Waals surface area contributed by atoms with E-state index in [1.54, 1.807) is 0 Å². The lowest BCUT2D eigenvalue weighted by atomic mass is 10.0. The van der Waals surface area contributed by atoms with Gasteiger partial charge in [0.05, 0.1) is 0 Å². The molecule has 0 amide bonds. The molecule has 0 aliphatic rings. The van der Waals surface area contributed by atoms with E-state index in [0.717, 1.165) is 6.42 Å². The molecule has 1 nitrogen and oxygen atoms in total. The summed E-state index contributed by atoms with van der Waals surface area (Å²) in [6.07, 6.45) is 7.14. The van der Waals surface area contributed by atoms with Crippen LogP contribution in [0.15, 0.2) is 66.9 Å². The topological polar surface area (TPSA) is 4.93 Å². The molecule has 0 saturated carbocycles. The molecule has 1 aromatic heterocycles. The Balaban J connectivity index is 1.91. The number of para-hydroxylation sites is 1. The molecule has 3 aromatic rings. The first kappa shape index (κ1) is 13.9. The van der Waals surface area contributed by atoms with Gasteiger partial charge in [-0.3, -0.25) is 0 Å². The minimum Gasteiger partial charge on any atom is -0.344 e. The summed E-state index contributed by atoms with van der Waals surface area (Å²) in [5, 5.41) is 1.34. The number of rotatable bonds is 6. The van der Waals surface area contributed by atoms with Crippen LogP contribution in [0.4, 0.5) is 0 Å². The van der Waals surface area contributed by atoms with Crippen molar-refractivity contribution in [1.29, 1.82) is 0 Å². The summed E-state index contributed by atoms with van der Waals surface area (Å²) in [6.45, 7) is 2.27. The van der Waals surface area contributed by atoms with Crippen molar-refractivity contribution < 1.29 is 0 Å². The van der Waals surface area contributed by atoms with Crippen molar-refractivity contribution >= 4 is 10.9 Å². The largest absolute Gasteiger partial charge is 0.344 e.